The molecule has 18 heteroatoms. The van der Waals surface area contributed by atoms with Crippen molar-refractivity contribution < 1.29 is 31.1 Å². The van der Waals surface area contributed by atoms with Crippen molar-refractivity contribution in [1.82, 2.24) is 39.0 Å². The van der Waals surface area contributed by atoms with Crippen LogP contribution >= 0.6 is 0 Å². The number of halogens is 6. The number of rotatable bonds is 6. The Morgan fingerprint density at radius 2 is 1.11 bits per heavy atom. The average Bonchev–Trinajstić information content (AvgIpc) is 3.73. The molecule has 0 radical (unpaired) electrons. The Morgan fingerprint density at radius 1 is 0.636 bits per heavy atom. The third-order valence-electron chi connectivity index (χ3n) is 8.07. The summed E-state index contributed by atoms with van der Waals surface area (Å²) >= 11 is 0. The van der Waals surface area contributed by atoms with Crippen LogP contribution in [0.4, 0.5) is 54.1 Å². The van der Waals surface area contributed by atoms with E-state index in [2.05, 4.69) is 35.2 Å². The molecular weight excluding hydrogens is 728 g/mol. The first-order chi connectivity index (χ1) is 26.4. The Hall–Kier alpha value is -7.37. The number of para-hydroxylation sites is 2. The van der Waals surface area contributed by atoms with Crippen molar-refractivity contribution in [3.63, 3.8) is 0 Å². The summed E-state index contributed by atoms with van der Waals surface area (Å²) in [5.74, 6) is -4.39. The summed E-state index contributed by atoms with van der Waals surface area (Å²) in [5, 5.41) is 2.65. The molecule has 0 aliphatic heterocycles. The minimum atomic E-state index is -1.18. The number of nitrogens with zero attached hydrogens (tertiary/aromatic N) is 9. The number of imidazole rings is 2. The number of primary amides is 1. The number of benzene rings is 4. The van der Waals surface area contributed by atoms with Gasteiger partial charge in [-0.25, -0.2) is 65.9 Å². The molecule has 0 atom stereocenters. The molecule has 55 heavy (non-hydrogen) atoms. The third-order valence-corrected chi connectivity index (χ3v) is 8.07. The number of fused-ring (bicyclic) bond motifs is 2. The molecule has 0 aliphatic rings. The largest absolute Gasteiger partial charge is 0.351 e. The number of anilines is 4. The monoisotopic (exact) mass is 753 g/mol. The second-order valence-electron chi connectivity index (χ2n) is 11.8. The van der Waals surface area contributed by atoms with Crippen LogP contribution in [-0.4, -0.2) is 45.1 Å². The van der Waals surface area contributed by atoms with Crippen LogP contribution in [0, 0.1) is 34.9 Å². The summed E-state index contributed by atoms with van der Waals surface area (Å²) in [6.45, 7) is 0. The highest BCUT2D eigenvalue weighted by Crippen LogP contribution is 2.35. The summed E-state index contributed by atoms with van der Waals surface area (Å²) in [4.78, 5) is 38.4. The quantitative estimate of drug-likeness (QED) is 0.163. The van der Waals surface area contributed by atoms with Gasteiger partial charge in [0.1, 0.15) is 46.3 Å². The first-order valence-corrected chi connectivity index (χ1v) is 16.0. The van der Waals surface area contributed by atoms with Gasteiger partial charge in [-0.3, -0.25) is 0 Å². The Bertz CT molecular complexity index is 2710. The lowest BCUT2D eigenvalue weighted by atomic mass is 10.2. The molecule has 4 aromatic heterocycles. The van der Waals surface area contributed by atoms with Crippen molar-refractivity contribution >= 4 is 51.4 Å². The first-order valence-electron chi connectivity index (χ1n) is 16.0. The maximum atomic E-state index is 14.4. The number of hydrogen-bond donors (Lipinski definition) is 2. The van der Waals surface area contributed by atoms with E-state index in [1.165, 1.54) is 59.7 Å². The first kappa shape index (κ1) is 36.0. The van der Waals surface area contributed by atoms with Gasteiger partial charge in [-0.05, 0) is 48.5 Å². The van der Waals surface area contributed by atoms with E-state index in [0.717, 1.165) is 30.3 Å². The summed E-state index contributed by atoms with van der Waals surface area (Å²) < 4.78 is 87.2. The molecule has 276 valence electrons. The Labute approximate surface area is 306 Å². The lowest BCUT2D eigenvalue weighted by molar-refractivity contribution is 0.255. The zero-order valence-corrected chi connectivity index (χ0v) is 28.5. The van der Waals surface area contributed by atoms with Crippen LogP contribution in [0.25, 0.3) is 45.1 Å². The maximum Gasteiger partial charge on any atom is 0.325 e. The molecule has 2 amide bonds. The molecule has 0 fully saturated rings. The number of carbonyl (C=O) groups excluding carboxylic acids is 1. The Morgan fingerprint density at radius 3 is 1.64 bits per heavy atom. The van der Waals surface area contributed by atoms with Crippen LogP contribution in [0.1, 0.15) is 0 Å². The predicted molar refractivity (Wildman–Crippen MR) is 191 cm³/mol. The minimum absolute atomic E-state index is 0.0265. The molecule has 3 N–H and O–H groups in total. The highest BCUT2D eigenvalue weighted by molar-refractivity contribution is 6.04. The number of nitrogens with one attached hydrogen (secondary N) is 1. The lowest BCUT2D eigenvalue weighted by Gasteiger charge is -2.21. The second kappa shape index (κ2) is 14.6. The predicted octanol–water partition coefficient (Wildman–Crippen LogP) is 7.86. The van der Waals surface area contributed by atoms with Gasteiger partial charge in [0.25, 0.3) is 0 Å². The second-order valence-corrected chi connectivity index (χ2v) is 11.8. The summed E-state index contributed by atoms with van der Waals surface area (Å²) in [6, 6.07) is 16.7. The maximum absolute atomic E-state index is 14.4. The molecule has 8 rings (SSSR count). The molecular formula is C37H25F6N11O. The van der Waals surface area contributed by atoms with Crippen LogP contribution in [0.5, 0.6) is 0 Å². The standard InChI is InChI=1S/C19H13F3N6O.C18H12F3N5/c1-27-9-24-14-17(27)25-16(10-4-2-5-11(20)8-10)26-18(14)28(19(23)29)15-12(21)6-3-7-13(15)22;1-26-9-22-15-17(23-14-12(20)6-3-7-13(14)21)24-16(25-18(15)26)10-4-2-5-11(19)8-10/h2-9H,1H3,(H2,23,29);2-9H,1H3,(H,23,24,25). The van der Waals surface area contributed by atoms with Gasteiger partial charge in [-0.2, -0.15) is 0 Å². The number of amides is 2. The van der Waals surface area contributed by atoms with Crippen molar-refractivity contribution in [3.05, 3.63) is 132 Å². The van der Waals surface area contributed by atoms with Crippen molar-refractivity contribution in [2.75, 3.05) is 10.2 Å². The van der Waals surface area contributed by atoms with Gasteiger partial charge in [-0.15, -0.1) is 0 Å². The summed E-state index contributed by atoms with van der Waals surface area (Å²) in [7, 11) is 3.37. The van der Waals surface area contributed by atoms with Crippen LogP contribution in [0.15, 0.2) is 97.6 Å². The number of nitrogens with two attached hydrogens (primary N) is 1. The minimum Gasteiger partial charge on any atom is -0.351 e. The van der Waals surface area contributed by atoms with Crippen molar-refractivity contribution in [3.8, 4) is 22.8 Å². The molecule has 0 aliphatic carbocycles. The summed E-state index contributed by atoms with van der Waals surface area (Å²) in [5.41, 5.74) is 6.28. The van der Waals surface area contributed by atoms with E-state index < -0.39 is 46.6 Å². The molecule has 0 bridgehead atoms. The van der Waals surface area contributed by atoms with E-state index in [4.69, 9.17) is 5.73 Å². The normalized spacial score (nSPS) is 11.1. The van der Waals surface area contributed by atoms with Gasteiger partial charge >= 0.3 is 6.03 Å². The Balaban J connectivity index is 0.000000170. The number of hydrogen-bond acceptors (Lipinski definition) is 8. The van der Waals surface area contributed by atoms with Gasteiger partial charge in [0.15, 0.2) is 45.6 Å². The van der Waals surface area contributed by atoms with Crippen molar-refractivity contribution in [1.29, 1.82) is 0 Å². The Kier molecular flexibility index (Phi) is 9.54. The van der Waals surface area contributed by atoms with E-state index in [0.29, 0.717) is 27.2 Å². The van der Waals surface area contributed by atoms with Crippen LogP contribution in [-0.2, 0) is 14.1 Å². The molecule has 12 nitrogen and oxygen atoms in total. The molecule has 4 heterocycles. The lowest BCUT2D eigenvalue weighted by Crippen LogP contribution is -2.34. The fourth-order valence-corrected chi connectivity index (χ4v) is 5.51. The van der Waals surface area contributed by atoms with E-state index >= 15 is 0 Å². The number of aromatic nitrogens is 8. The van der Waals surface area contributed by atoms with E-state index in [1.807, 2.05) is 0 Å². The van der Waals surface area contributed by atoms with Crippen molar-refractivity contribution in [2.24, 2.45) is 19.8 Å². The highest BCUT2D eigenvalue weighted by Gasteiger charge is 2.28. The molecule has 0 saturated carbocycles. The zero-order chi connectivity index (χ0) is 39.0. The number of urea groups is 1. The zero-order valence-electron chi connectivity index (χ0n) is 28.5. The van der Waals surface area contributed by atoms with Crippen LogP contribution in [0.2, 0.25) is 0 Å². The van der Waals surface area contributed by atoms with Gasteiger partial charge in [0, 0.05) is 25.2 Å². The number of aryl methyl sites for hydroxylation is 2. The van der Waals surface area contributed by atoms with E-state index in [1.54, 1.807) is 30.8 Å². The smallest absolute Gasteiger partial charge is 0.325 e. The number of carbonyl (C=O) groups is 1. The van der Waals surface area contributed by atoms with Gasteiger partial charge in [0.05, 0.1) is 12.7 Å². The fraction of sp³-hybridized carbons (Fsp3) is 0.0541. The molecule has 4 aromatic carbocycles. The van der Waals surface area contributed by atoms with Crippen LogP contribution in [0.3, 0.4) is 0 Å². The topological polar surface area (TPSA) is 146 Å². The molecule has 8 aromatic rings. The van der Waals surface area contributed by atoms with E-state index in [9.17, 15) is 31.1 Å². The molecule has 0 unspecified atom stereocenters. The van der Waals surface area contributed by atoms with Gasteiger partial charge in [-0.1, -0.05) is 36.4 Å². The van der Waals surface area contributed by atoms with Crippen molar-refractivity contribution in [2.45, 2.75) is 0 Å². The fourth-order valence-electron chi connectivity index (χ4n) is 5.51. The SMILES string of the molecule is Cn1cnc2c(N(C(N)=O)c3c(F)cccc3F)nc(-c3cccc(F)c3)nc21.Cn1cnc2c(Nc3c(F)cccc3F)nc(-c3cccc(F)c3)nc21. The van der Waals surface area contributed by atoms with E-state index in [-0.39, 0.29) is 40.1 Å². The van der Waals surface area contributed by atoms with Gasteiger partial charge in [0.2, 0.25) is 0 Å². The third kappa shape index (κ3) is 7.07. The summed E-state index contributed by atoms with van der Waals surface area (Å²) in [6.07, 6.45) is 2.91. The average molecular weight is 754 g/mol. The van der Waals surface area contributed by atoms with Crippen LogP contribution < -0.4 is 16.0 Å². The molecule has 0 spiro atoms. The highest BCUT2D eigenvalue weighted by atomic mass is 19.2. The van der Waals surface area contributed by atoms with Gasteiger partial charge < -0.3 is 20.2 Å². The molecule has 0 saturated heterocycles.